The summed E-state index contributed by atoms with van der Waals surface area (Å²) in [5.74, 6) is -0.623. The van der Waals surface area contributed by atoms with Crippen molar-refractivity contribution in [2.45, 2.75) is 25.0 Å². The monoisotopic (exact) mass is 348 g/mol. The quantitative estimate of drug-likeness (QED) is 0.786. The first-order valence-electron chi connectivity index (χ1n) is 7.78. The number of aromatic nitrogens is 1. The molecule has 1 amide bonds. The lowest BCUT2D eigenvalue weighted by Crippen LogP contribution is -2.48. The van der Waals surface area contributed by atoms with Crippen molar-refractivity contribution in [3.63, 3.8) is 0 Å². The van der Waals surface area contributed by atoms with Crippen LogP contribution < -0.4 is 16.4 Å². The molecule has 24 heavy (non-hydrogen) atoms. The first-order chi connectivity index (χ1) is 11.6. The van der Waals surface area contributed by atoms with E-state index in [-0.39, 0.29) is 30.4 Å². The second-order valence-corrected chi connectivity index (χ2v) is 6.73. The van der Waals surface area contributed by atoms with Gasteiger partial charge >= 0.3 is 0 Å². The highest BCUT2D eigenvalue weighted by atomic mass is 32.1. The summed E-state index contributed by atoms with van der Waals surface area (Å²) in [5.41, 5.74) is 8.05. The molecule has 0 saturated carbocycles. The Kier molecular flexibility index (Phi) is 3.95. The van der Waals surface area contributed by atoms with Gasteiger partial charge in [-0.2, -0.15) is 11.3 Å². The van der Waals surface area contributed by atoms with Crippen LogP contribution in [0.15, 0.2) is 16.8 Å². The van der Waals surface area contributed by atoms with Crippen molar-refractivity contribution in [1.82, 2.24) is 10.3 Å². The molecule has 4 N–H and O–H groups in total. The number of nitrogens with one attached hydrogen (secondary N) is 2. The van der Waals surface area contributed by atoms with Gasteiger partial charge in [0, 0.05) is 41.7 Å². The SMILES string of the molecule is N[C@H]1COCC[C@H]1Nc1nc(-c2ccsc2)c2c(c1F)CNC2=O. The van der Waals surface area contributed by atoms with Crippen LogP contribution in [0.1, 0.15) is 22.3 Å². The van der Waals surface area contributed by atoms with Crippen LogP contribution in [0.25, 0.3) is 11.3 Å². The number of carbonyl (C=O) groups excluding carboxylic acids is 1. The van der Waals surface area contributed by atoms with Gasteiger partial charge in [0.1, 0.15) is 0 Å². The molecule has 2 aromatic rings. The van der Waals surface area contributed by atoms with Crippen LogP contribution >= 0.6 is 11.3 Å². The third-order valence-electron chi connectivity index (χ3n) is 4.40. The molecule has 2 aromatic heterocycles. The zero-order valence-corrected chi connectivity index (χ0v) is 13.7. The van der Waals surface area contributed by atoms with Crippen molar-refractivity contribution in [1.29, 1.82) is 0 Å². The molecule has 1 fully saturated rings. The first-order valence-corrected chi connectivity index (χ1v) is 8.72. The molecule has 1 saturated heterocycles. The van der Waals surface area contributed by atoms with Gasteiger partial charge in [-0.25, -0.2) is 9.37 Å². The first kappa shape index (κ1) is 15.5. The second kappa shape index (κ2) is 6.12. The van der Waals surface area contributed by atoms with Crippen LogP contribution in [0.3, 0.4) is 0 Å². The normalized spacial score (nSPS) is 23.0. The molecule has 6 nitrogen and oxygen atoms in total. The number of anilines is 1. The zero-order valence-electron chi connectivity index (χ0n) is 12.8. The molecule has 4 heterocycles. The molecule has 0 bridgehead atoms. The molecule has 0 radical (unpaired) electrons. The van der Waals surface area contributed by atoms with Crippen molar-refractivity contribution >= 4 is 23.1 Å². The highest BCUT2D eigenvalue weighted by Crippen LogP contribution is 2.34. The number of thiophene rings is 1. The van der Waals surface area contributed by atoms with Crippen LogP contribution in [0.2, 0.25) is 0 Å². The molecule has 4 rings (SSSR count). The Hall–Kier alpha value is -2.03. The number of halogens is 1. The summed E-state index contributed by atoms with van der Waals surface area (Å²) in [6, 6.07) is 1.54. The third kappa shape index (κ3) is 2.56. The number of ether oxygens (including phenoxy) is 1. The average molecular weight is 348 g/mol. The number of carbonyl (C=O) groups is 1. The standard InChI is InChI=1S/C16H17FN4O2S/c17-13-9-5-19-16(22)12(9)14(8-2-4-24-7-8)21-15(13)20-11-1-3-23-6-10(11)18/h2,4,7,10-11H,1,3,5-6,18H2,(H,19,22)(H,20,21)/t10-,11+/m0/s1. The van der Waals surface area contributed by atoms with Gasteiger partial charge in [0.15, 0.2) is 11.6 Å². The molecule has 8 heteroatoms. The fourth-order valence-corrected chi connectivity index (χ4v) is 3.74. The van der Waals surface area contributed by atoms with E-state index in [9.17, 15) is 9.18 Å². The summed E-state index contributed by atoms with van der Waals surface area (Å²) >= 11 is 1.50. The largest absolute Gasteiger partial charge is 0.380 e. The number of rotatable bonds is 3. The number of fused-ring (bicyclic) bond motifs is 1. The number of nitrogens with two attached hydrogens (primary N) is 1. The Bertz CT molecular complexity index is 781. The van der Waals surface area contributed by atoms with E-state index < -0.39 is 5.82 Å². The maximum Gasteiger partial charge on any atom is 0.254 e. The summed E-state index contributed by atoms with van der Waals surface area (Å²) in [6.07, 6.45) is 0.685. The van der Waals surface area contributed by atoms with E-state index in [4.69, 9.17) is 10.5 Å². The van der Waals surface area contributed by atoms with Crippen LogP contribution in [-0.2, 0) is 11.3 Å². The predicted molar refractivity (Wildman–Crippen MR) is 89.5 cm³/mol. The molecular formula is C16H17FN4O2S. The van der Waals surface area contributed by atoms with E-state index in [1.165, 1.54) is 11.3 Å². The minimum absolute atomic E-state index is 0.112. The van der Waals surface area contributed by atoms with Gasteiger partial charge in [0.25, 0.3) is 5.91 Å². The van der Waals surface area contributed by atoms with Gasteiger partial charge in [0.05, 0.1) is 17.9 Å². The summed E-state index contributed by atoms with van der Waals surface area (Å²) in [7, 11) is 0. The maximum atomic E-state index is 14.9. The number of hydrogen-bond donors (Lipinski definition) is 3. The Labute approximate surface area is 142 Å². The Balaban J connectivity index is 1.78. The van der Waals surface area contributed by atoms with E-state index in [0.717, 1.165) is 5.56 Å². The van der Waals surface area contributed by atoms with E-state index in [0.29, 0.717) is 36.5 Å². The zero-order chi connectivity index (χ0) is 16.7. The predicted octanol–water partition coefficient (Wildman–Crippen LogP) is 1.72. The number of nitrogens with zero attached hydrogens (tertiary/aromatic N) is 1. The van der Waals surface area contributed by atoms with Crippen molar-refractivity contribution < 1.29 is 13.9 Å². The second-order valence-electron chi connectivity index (χ2n) is 5.95. The summed E-state index contributed by atoms with van der Waals surface area (Å²) in [4.78, 5) is 16.5. The van der Waals surface area contributed by atoms with Gasteiger partial charge in [-0.3, -0.25) is 4.79 Å². The minimum atomic E-state index is -0.485. The lowest BCUT2D eigenvalue weighted by atomic mass is 10.0. The van der Waals surface area contributed by atoms with Crippen LogP contribution in [0.4, 0.5) is 10.2 Å². The average Bonchev–Trinajstić information content (AvgIpc) is 3.23. The van der Waals surface area contributed by atoms with Crippen molar-refractivity contribution in [2.24, 2.45) is 5.73 Å². The highest BCUT2D eigenvalue weighted by Gasteiger charge is 2.32. The van der Waals surface area contributed by atoms with Crippen molar-refractivity contribution in [2.75, 3.05) is 18.5 Å². The molecule has 126 valence electrons. The van der Waals surface area contributed by atoms with E-state index in [2.05, 4.69) is 15.6 Å². The fourth-order valence-electron chi connectivity index (χ4n) is 3.10. The van der Waals surface area contributed by atoms with E-state index in [1.54, 1.807) is 0 Å². The van der Waals surface area contributed by atoms with Crippen LogP contribution in [0, 0.1) is 5.82 Å². The van der Waals surface area contributed by atoms with Gasteiger partial charge < -0.3 is 21.1 Å². The molecule has 0 unspecified atom stereocenters. The molecule has 2 aliphatic heterocycles. The minimum Gasteiger partial charge on any atom is -0.380 e. The Morgan fingerprint density at radius 1 is 1.50 bits per heavy atom. The molecule has 0 aromatic carbocycles. The van der Waals surface area contributed by atoms with E-state index >= 15 is 0 Å². The molecule has 0 spiro atoms. The molecule has 2 aliphatic rings. The number of amides is 1. The Morgan fingerprint density at radius 3 is 3.12 bits per heavy atom. The van der Waals surface area contributed by atoms with Crippen LogP contribution in [-0.4, -0.2) is 36.2 Å². The topological polar surface area (TPSA) is 89.3 Å². The summed E-state index contributed by atoms with van der Waals surface area (Å²) in [5, 5.41) is 9.60. The van der Waals surface area contributed by atoms with Gasteiger partial charge in [-0.05, 0) is 17.9 Å². The molecule has 2 atom stereocenters. The maximum absolute atomic E-state index is 14.9. The lowest BCUT2D eigenvalue weighted by Gasteiger charge is -2.30. The van der Waals surface area contributed by atoms with Crippen molar-refractivity contribution in [3.8, 4) is 11.3 Å². The van der Waals surface area contributed by atoms with Crippen LogP contribution in [0.5, 0.6) is 0 Å². The molecular weight excluding hydrogens is 331 g/mol. The van der Waals surface area contributed by atoms with Gasteiger partial charge in [-0.15, -0.1) is 0 Å². The number of hydrogen-bond acceptors (Lipinski definition) is 6. The highest BCUT2D eigenvalue weighted by molar-refractivity contribution is 7.08. The Morgan fingerprint density at radius 2 is 2.38 bits per heavy atom. The van der Waals surface area contributed by atoms with Crippen molar-refractivity contribution in [3.05, 3.63) is 33.8 Å². The smallest absolute Gasteiger partial charge is 0.254 e. The van der Waals surface area contributed by atoms with Gasteiger partial charge in [-0.1, -0.05) is 0 Å². The third-order valence-corrected chi connectivity index (χ3v) is 5.09. The summed E-state index contributed by atoms with van der Waals surface area (Å²) in [6.45, 7) is 1.19. The fraction of sp³-hybridized carbons (Fsp3) is 0.375. The summed E-state index contributed by atoms with van der Waals surface area (Å²) < 4.78 is 20.2. The lowest BCUT2D eigenvalue weighted by molar-refractivity contribution is 0.0751. The van der Waals surface area contributed by atoms with E-state index in [1.807, 2.05) is 16.8 Å². The van der Waals surface area contributed by atoms with Gasteiger partial charge in [0.2, 0.25) is 0 Å². The molecule has 0 aliphatic carbocycles. The number of pyridine rings is 1.